The van der Waals surface area contributed by atoms with Gasteiger partial charge in [-0.2, -0.15) is 0 Å². The molecule has 0 aliphatic carbocycles. The number of nitro groups is 1. The summed E-state index contributed by atoms with van der Waals surface area (Å²) in [6.45, 7) is 1.03. The predicted molar refractivity (Wildman–Crippen MR) is 110 cm³/mol. The van der Waals surface area contributed by atoms with E-state index in [4.69, 9.17) is 0 Å². The summed E-state index contributed by atoms with van der Waals surface area (Å²) in [5.74, 6) is -1.80. The summed E-state index contributed by atoms with van der Waals surface area (Å²) in [4.78, 5) is 51.0. The number of rotatable bonds is 5. The molecular formula is C21H17F3N4O6. The highest BCUT2D eigenvalue weighted by Gasteiger charge is 2.50. The number of nitrogens with zero attached hydrogens (tertiary/aromatic N) is 3. The van der Waals surface area contributed by atoms with Crippen LogP contribution in [0, 0.1) is 10.1 Å². The van der Waals surface area contributed by atoms with Gasteiger partial charge in [0.05, 0.1) is 4.92 Å². The average molecular weight is 478 g/mol. The van der Waals surface area contributed by atoms with Gasteiger partial charge in [0, 0.05) is 24.4 Å². The third kappa shape index (κ3) is 4.11. The number of carbonyl (C=O) groups is 3. The van der Waals surface area contributed by atoms with E-state index >= 15 is 0 Å². The van der Waals surface area contributed by atoms with Crippen molar-refractivity contribution in [1.82, 2.24) is 10.2 Å². The first-order valence-corrected chi connectivity index (χ1v) is 9.97. The lowest BCUT2D eigenvalue weighted by Crippen LogP contribution is -2.44. The third-order valence-electron chi connectivity index (χ3n) is 5.70. The van der Waals surface area contributed by atoms with E-state index in [1.807, 2.05) is 0 Å². The summed E-state index contributed by atoms with van der Waals surface area (Å²) in [5, 5.41) is 13.4. The Morgan fingerprint density at radius 3 is 2.50 bits per heavy atom. The second-order valence-corrected chi connectivity index (χ2v) is 7.88. The molecule has 4 rings (SSSR count). The van der Waals surface area contributed by atoms with E-state index < -0.39 is 47.0 Å². The zero-order valence-corrected chi connectivity index (χ0v) is 17.6. The lowest BCUT2D eigenvalue weighted by molar-refractivity contribution is -0.384. The van der Waals surface area contributed by atoms with E-state index in [0.29, 0.717) is 17.7 Å². The first-order valence-electron chi connectivity index (χ1n) is 9.97. The van der Waals surface area contributed by atoms with Gasteiger partial charge in [-0.1, -0.05) is 12.1 Å². The second kappa shape index (κ2) is 8.01. The highest BCUT2D eigenvalue weighted by atomic mass is 19.4. The third-order valence-corrected chi connectivity index (χ3v) is 5.70. The van der Waals surface area contributed by atoms with E-state index in [0.717, 1.165) is 17.0 Å². The molecule has 13 heteroatoms. The van der Waals surface area contributed by atoms with Crippen molar-refractivity contribution in [2.75, 3.05) is 18.0 Å². The minimum absolute atomic E-state index is 0.107. The molecule has 1 fully saturated rings. The van der Waals surface area contributed by atoms with Gasteiger partial charge in [0.25, 0.3) is 11.6 Å². The second-order valence-electron chi connectivity index (χ2n) is 7.88. The van der Waals surface area contributed by atoms with Gasteiger partial charge in [0.2, 0.25) is 5.91 Å². The standard InChI is InChI=1S/C21H17F3N4O6/c1-20(13-2-5-15(6-3-13)34-21(22,23)24)18(30)27(19(31)25-20)11-17(29)26-9-8-12-10-14(28(32)33)4-7-16(12)26/h2-7,10H,8-9,11H2,1H3,(H,25,31). The number of hydrogen-bond donors (Lipinski definition) is 1. The van der Waals surface area contributed by atoms with Crippen LogP contribution in [0.15, 0.2) is 42.5 Å². The molecule has 0 saturated carbocycles. The van der Waals surface area contributed by atoms with Crippen LogP contribution in [0.25, 0.3) is 0 Å². The monoisotopic (exact) mass is 478 g/mol. The maximum Gasteiger partial charge on any atom is 0.573 e. The van der Waals surface area contributed by atoms with Crippen LogP contribution in [-0.4, -0.2) is 47.1 Å². The summed E-state index contributed by atoms with van der Waals surface area (Å²) in [6.07, 6.45) is -4.49. The Morgan fingerprint density at radius 2 is 1.88 bits per heavy atom. The molecule has 4 amide bonds. The molecule has 2 aromatic rings. The number of ether oxygens (including phenoxy) is 1. The number of carbonyl (C=O) groups excluding carboxylic acids is 3. The minimum Gasteiger partial charge on any atom is -0.406 e. The molecule has 2 aromatic carbocycles. The molecule has 10 nitrogen and oxygen atoms in total. The molecule has 1 unspecified atom stereocenters. The molecular weight excluding hydrogens is 461 g/mol. The largest absolute Gasteiger partial charge is 0.573 e. The van der Waals surface area contributed by atoms with Crippen molar-refractivity contribution in [3.8, 4) is 5.75 Å². The normalized spacial score (nSPS) is 19.8. The number of amides is 4. The van der Waals surface area contributed by atoms with Gasteiger partial charge < -0.3 is 15.0 Å². The maximum atomic E-state index is 13.1. The van der Waals surface area contributed by atoms with Gasteiger partial charge in [-0.05, 0) is 42.7 Å². The number of alkyl halides is 3. The van der Waals surface area contributed by atoms with Crippen molar-refractivity contribution in [1.29, 1.82) is 0 Å². The molecule has 1 N–H and O–H groups in total. The highest BCUT2D eigenvalue weighted by molar-refractivity contribution is 6.10. The maximum absolute atomic E-state index is 13.1. The van der Waals surface area contributed by atoms with Crippen LogP contribution in [0.4, 0.5) is 29.3 Å². The smallest absolute Gasteiger partial charge is 0.406 e. The molecule has 2 heterocycles. The number of urea groups is 1. The number of benzene rings is 2. The topological polar surface area (TPSA) is 122 Å². The lowest BCUT2D eigenvalue weighted by atomic mass is 9.92. The number of hydrogen-bond acceptors (Lipinski definition) is 6. The van der Waals surface area contributed by atoms with E-state index in [2.05, 4.69) is 10.1 Å². The molecule has 2 aliphatic rings. The van der Waals surface area contributed by atoms with Crippen LogP contribution in [0.3, 0.4) is 0 Å². The molecule has 1 saturated heterocycles. The van der Waals surface area contributed by atoms with E-state index in [-0.39, 0.29) is 17.8 Å². The van der Waals surface area contributed by atoms with Crippen LogP contribution < -0.4 is 15.0 Å². The summed E-state index contributed by atoms with van der Waals surface area (Å²) < 4.78 is 40.9. The Morgan fingerprint density at radius 1 is 1.21 bits per heavy atom. The fourth-order valence-corrected chi connectivity index (χ4v) is 4.01. The summed E-state index contributed by atoms with van der Waals surface area (Å²) >= 11 is 0. The Hall–Kier alpha value is -4.16. The van der Waals surface area contributed by atoms with Gasteiger partial charge in [0.1, 0.15) is 17.8 Å². The minimum atomic E-state index is -4.88. The van der Waals surface area contributed by atoms with Crippen molar-refractivity contribution in [3.05, 3.63) is 63.7 Å². The van der Waals surface area contributed by atoms with Crippen molar-refractivity contribution >= 4 is 29.2 Å². The number of nitrogens with one attached hydrogen (secondary N) is 1. The van der Waals surface area contributed by atoms with Crippen molar-refractivity contribution in [2.24, 2.45) is 0 Å². The van der Waals surface area contributed by atoms with Gasteiger partial charge in [-0.3, -0.25) is 24.6 Å². The molecule has 0 bridgehead atoms. The summed E-state index contributed by atoms with van der Waals surface area (Å²) in [6, 6.07) is 7.71. The van der Waals surface area contributed by atoms with Gasteiger partial charge >= 0.3 is 12.4 Å². The Kier molecular flexibility index (Phi) is 5.42. The highest BCUT2D eigenvalue weighted by Crippen LogP contribution is 2.33. The van der Waals surface area contributed by atoms with Gasteiger partial charge in [0.15, 0.2) is 0 Å². The van der Waals surface area contributed by atoms with Crippen molar-refractivity contribution in [3.63, 3.8) is 0 Å². The number of nitro benzene ring substituents is 1. The summed E-state index contributed by atoms with van der Waals surface area (Å²) in [5.41, 5.74) is -0.437. The Balaban J connectivity index is 1.49. The number of imide groups is 1. The lowest BCUT2D eigenvalue weighted by Gasteiger charge is -2.23. The zero-order chi connectivity index (χ0) is 24.8. The number of fused-ring (bicyclic) bond motifs is 1. The molecule has 0 radical (unpaired) electrons. The van der Waals surface area contributed by atoms with Crippen molar-refractivity contribution < 1.29 is 37.2 Å². The van der Waals surface area contributed by atoms with Crippen LogP contribution in [0.2, 0.25) is 0 Å². The fourth-order valence-electron chi connectivity index (χ4n) is 4.01. The molecule has 0 aromatic heterocycles. The van der Waals surface area contributed by atoms with E-state index in [9.17, 15) is 37.7 Å². The predicted octanol–water partition coefficient (Wildman–Crippen LogP) is 2.85. The van der Waals surface area contributed by atoms with Gasteiger partial charge in [-0.15, -0.1) is 13.2 Å². The Bertz CT molecular complexity index is 1200. The van der Waals surface area contributed by atoms with Crippen LogP contribution in [0.1, 0.15) is 18.1 Å². The number of anilines is 1. The van der Waals surface area contributed by atoms with Crippen LogP contribution in [0.5, 0.6) is 5.75 Å². The van der Waals surface area contributed by atoms with E-state index in [1.54, 1.807) is 0 Å². The molecule has 178 valence electrons. The Labute approximate surface area is 190 Å². The SMILES string of the molecule is CC1(c2ccc(OC(F)(F)F)cc2)NC(=O)N(CC(=O)N2CCc3cc([N+](=O)[O-])ccc32)C1=O. The first kappa shape index (κ1) is 23.0. The van der Waals surface area contributed by atoms with E-state index in [1.165, 1.54) is 42.2 Å². The summed E-state index contributed by atoms with van der Waals surface area (Å²) in [7, 11) is 0. The quantitative estimate of drug-likeness (QED) is 0.401. The molecule has 2 aliphatic heterocycles. The average Bonchev–Trinajstić information content (AvgIpc) is 3.27. The zero-order valence-electron chi connectivity index (χ0n) is 17.6. The molecule has 1 atom stereocenters. The van der Waals surface area contributed by atoms with Crippen molar-refractivity contribution in [2.45, 2.75) is 25.2 Å². The number of halogens is 3. The first-order chi connectivity index (χ1) is 15.9. The fraction of sp³-hybridized carbons (Fsp3) is 0.286. The molecule has 0 spiro atoms. The van der Waals surface area contributed by atoms with Crippen LogP contribution >= 0.6 is 0 Å². The van der Waals surface area contributed by atoms with Crippen LogP contribution in [-0.2, 0) is 21.5 Å². The number of non-ortho nitro benzene ring substituents is 1. The molecule has 34 heavy (non-hydrogen) atoms. The van der Waals surface area contributed by atoms with Gasteiger partial charge in [-0.25, -0.2) is 4.79 Å².